The van der Waals surface area contributed by atoms with Crippen LogP contribution in [0.4, 0.5) is 5.69 Å². The van der Waals surface area contributed by atoms with Crippen molar-refractivity contribution >= 4 is 28.2 Å². The average molecular weight is 423 g/mol. The van der Waals surface area contributed by atoms with Gasteiger partial charge in [0.15, 0.2) is 0 Å². The van der Waals surface area contributed by atoms with E-state index in [1.165, 1.54) is 16.0 Å². The Kier molecular flexibility index (Phi) is 6.38. The normalized spacial score (nSPS) is 15.3. The van der Waals surface area contributed by atoms with Gasteiger partial charge in [-0.1, -0.05) is 53.7 Å². The SMILES string of the molecule is Cc1ccc(Sc2ccccc2S(=O)c2ccccc2N2CCNCC2)c(C)c1. The van der Waals surface area contributed by atoms with Crippen molar-refractivity contribution < 1.29 is 4.21 Å². The van der Waals surface area contributed by atoms with E-state index < -0.39 is 10.8 Å². The van der Waals surface area contributed by atoms with E-state index in [-0.39, 0.29) is 0 Å². The molecule has 4 rings (SSSR count). The molecule has 1 N–H and O–H groups in total. The van der Waals surface area contributed by atoms with E-state index in [1.807, 2.05) is 36.4 Å². The highest BCUT2D eigenvalue weighted by molar-refractivity contribution is 8.00. The molecule has 1 aliphatic rings. The van der Waals surface area contributed by atoms with Crippen molar-refractivity contribution in [3.05, 3.63) is 77.9 Å². The summed E-state index contributed by atoms with van der Waals surface area (Å²) < 4.78 is 13.7. The summed E-state index contributed by atoms with van der Waals surface area (Å²) in [6.45, 7) is 8.03. The van der Waals surface area contributed by atoms with E-state index in [9.17, 15) is 4.21 Å². The highest BCUT2D eigenvalue weighted by Crippen LogP contribution is 2.37. The highest BCUT2D eigenvalue weighted by atomic mass is 32.2. The van der Waals surface area contributed by atoms with Crippen LogP contribution in [0.5, 0.6) is 0 Å². The monoisotopic (exact) mass is 422 g/mol. The Labute approximate surface area is 180 Å². The van der Waals surface area contributed by atoms with Gasteiger partial charge in [-0.25, -0.2) is 4.21 Å². The molecule has 1 aliphatic heterocycles. The number of rotatable bonds is 5. The molecular formula is C24H26N2OS2. The quantitative estimate of drug-likeness (QED) is 0.625. The Morgan fingerprint density at radius 2 is 1.55 bits per heavy atom. The van der Waals surface area contributed by atoms with E-state index in [2.05, 4.69) is 54.4 Å². The third kappa shape index (κ3) is 4.58. The second kappa shape index (κ2) is 9.16. The van der Waals surface area contributed by atoms with Crippen LogP contribution in [0.3, 0.4) is 0 Å². The maximum Gasteiger partial charge on any atom is 0.0882 e. The van der Waals surface area contributed by atoms with Crippen LogP contribution in [-0.4, -0.2) is 30.4 Å². The van der Waals surface area contributed by atoms with Gasteiger partial charge in [-0.2, -0.15) is 0 Å². The minimum atomic E-state index is -1.24. The first-order valence-corrected chi connectivity index (χ1v) is 11.9. The number of piperazine rings is 1. The molecule has 1 fully saturated rings. The Bertz CT molecular complexity index is 1030. The molecule has 0 saturated carbocycles. The summed E-state index contributed by atoms with van der Waals surface area (Å²) in [6, 6.07) is 22.7. The second-order valence-corrected chi connectivity index (χ2v) is 9.79. The van der Waals surface area contributed by atoms with Crippen LogP contribution in [0.15, 0.2) is 86.3 Å². The van der Waals surface area contributed by atoms with E-state index in [1.54, 1.807) is 11.8 Å². The zero-order valence-corrected chi connectivity index (χ0v) is 18.5. The fraction of sp³-hybridized carbons (Fsp3) is 0.250. The summed E-state index contributed by atoms with van der Waals surface area (Å²) in [5.41, 5.74) is 3.59. The molecule has 3 aromatic carbocycles. The second-order valence-electron chi connectivity index (χ2n) is 7.29. The van der Waals surface area contributed by atoms with Gasteiger partial charge in [-0.15, -0.1) is 0 Å². The predicted molar refractivity (Wildman–Crippen MR) is 123 cm³/mol. The molecule has 3 aromatic rings. The molecule has 0 spiro atoms. The number of anilines is 1. The first-order chi connectivity index (χ1) is 14.1. The van der Waals surface area contributed by atoms with E-state index >= 15 is 0 Å². The van der Waals surface area contributed by atoms with Crippen molar-refractivity contribution in [2.24, 2.45) is 0 Å². The van der Waals surface area contributed by atoms with Crippen LogP contribution in [0, 0.1) is 13.8 Å². The number of nitrogens with zero attached hydrogens (tertiary/aromatic N) is 1. The summed E-state index contributed by atoms with van der Waals surface area (Å²) in [6.07, 6.45) is 0. The fourth-order valence-corrected chi connectivity index (χ4v) is 6.16. The molecule has 0 aliphatic carbocycles. The molecular weight excluding hydrogens is 396 g/mol. The molecule has 0 radical (unpaired) electrons. The first-order valence-electron chi connectivity index (χ1n) is 9.94. The molecule has 1 atom stereocenters. The molecule has 150 valence electrons. The number of para-hydroxylation sites is 1. The van der Waals surface area contributed by atoms with Crippen molar-refractivity contribution in [3.63, 3.8) is 0 Å². The number of nitrogens with one attached hydrogen (secondary N) is 1. The first kappa shape index (κ1) is 20.2. The standard InChI is InChI=1S/C24H26N2OS2/c1-18-11-12-21(19(2)17-18)28-22-8-4-6-10-24(22)29(27)23-9-5-3-7-20(23)26-15-13-25-14-16-26/h3-12,17,25H,13-16H2,1-2H3. The molecule has 5 heteroatoms. The Balaban J connectivity index is 1.68. The minimum Gasteiger partial charge on any atom is -0.368 e. The summed E-state index contributed by atoms with van der Waals surface area (Å²) >= 11 is 1.70. The highest BCUT2D eigenvalue weighted by Gasteiger charge is 2.20. The number of hydrogen-bond acceptors (Lipinski definition) is 4. The van der Waals surface area contributed by atoms with Crippen LogP contribution in [0.25, 0.3) is 0 Å². The number of benzene rings is 3. The maximum atomic E-state index is 13.7. The van der Waals surface area contributed by atoms with Crippen LogP contribution in [0.2, 0.25) is 0 Å². The lowest BCUT2D eigenvalue weighted by Gasteiger charge is -2.31. The summed E-state index contributed by atoms with van der Waals surface area (Å²) in [4.78, 5) is 6.36. The van der Waals surface area contributed by atoms with Crippen molar-refractivity contribution in [2.75, 3.05) is 31.1 Å². The van der Waals surface area contributed by atoms with Gasteiger partial charge in [0.25, 0.3) is 0 Å². The smallest absolute Gasteiger partial charge is 0.0882 e. The third-order valence-electron chi connectivity index (χ3n) is 5.12. The van der Waals surface area contributed by atoms with Gasteiger partial charge in [0.05, 0.1) is 26.3 Å². The van der Waals surface area contributed by atoms with Crippen LogP contribution in [-0.2, 0) is 10.8 Å². The van der Waals surface area contributed by atoms with E-state index in [0.29, 0.717) is 0 Å². The Morgan fingerprint density at radius 3 is 2.31 bits per heavy atom. The van der Waals surface area contributed by atoms with Crippen molar-refractivity contribution in [1.29, 1.82) is 0 Å². The molecule has 1 heterocycles. The zero-order chi connectivity index (χ0) is 20.2. The topological polar surface area (TPSA) is 32.3 Å². The maximum absolute atomic E-state index is 13.7. The summed E-state index contributed by atoms with van der Waals surface area (Å²) in [7, 11) is -1.24. The molecule has 1 unspecified atom stereocenters. The predicted octanol–water partition coefficient (Wildman–Crippen LogP) is 5.03. The fourth-order valence-electron chi connectivity index (χ4n) is 3.62. The molecule has 1 saturated heterocycles. The Morgan fingerprint density at radius 1 is 0.862 bits per heavy atom. The lowest BCUT2D eigenvalue weighted by molar-refractivity contribution is 0.586. The van der Waals surface area contributed by atoms with Crippen molar-refractivity contribution in [3.8, 4) is 0 Å². The van der Waals surface area contributed by atoms with Crippen LogP contribution >= 0.6 is 11.8 Å². The van der Waals surface area contributed by atoms with Gasteiger partial charge in [0.1, 0.15) is 0 Å². The van der Waals surface area contributed by atoms with Crippen molar-refractivity contribution in [1.82, 2.24) is 5.32 Å². The number of hydrogen-bond donors (Lipinski definition) is 1. The van der Waals surface area contributed by atoms with Gasteiger partial charge < -0.3 is 10.2 Å². The van der Waals surface area contributed by atoms with E-state index in [4.69, 9.17) is 0 Å². The third-order valence-corrected chi connectivity index (χ3v) is 8.01. The average Bonchev–Trinajstić information content (AvgIpc) is 2.76. The van der Waals surface area contributed by atoms with Crippen LogP contribution < -0.4 is 10.2 Å². The van der Waals surface area contributed by atoms with Crippen molar-refractivity contribution in [2.45, 2.75) is 33.4 Å². The van der Waals surface area contributed by atoms with Gasteiger partial charge in [0.2, 0.25) is 0 Å². The summed E-state index contributed by atoms with van der Waals surface area (Å²) in [5.74, 6) is 0. The molecule has 0 aromatic heterocycles. The lowest BCUT2D eigenvalue weighted by atomic mass is 10.2. The number of aryl methyl sites for hydroxylation is 2. The van der Waals surface area contributed by atoms with Gasteiger partial charge in [-0.05, 0) is 49.7 Å². The van der Waals surface area contributed by atoms with Gasteiger partial charge in [-0.3, -0.25) is 0 Å². The molecule has 0 amide bonds. The van der Waals surface area contributed by atoms with Gasteiger partial charge >= 0.3 is 0 Å². The molecule has 0 bridgehead atoms. The molecule has 29 heavy (non-hydrogen) atoms. The zero-order valence-electron chi connectivity index (χ0n) is 16.9. The Hall–Kier alpha value is -2.08. The molecule has 3 nitrogen and oxygen atoms in total. The largest absolute Gasteiger partial charge is 0.368 e. The van der Waals surface area contributed by atoms with Gasteiger partial charge in [0, 0.05) is 36.0 Å². The lowest BCUT2D eigenvalue weighted by Crippen LogP contribution is -2.43. The minimum absolute atomic E-state index is 0.875. The van der Waals surface area contributed by atoms with Crippen LogP contribution in [0.1, 0.15) is 11.1 Å². The van der Waals surface area contributed by atoms with E-state index in [0.717, 1.165) is 46.6 Å². The summed E-state index contributed by atoms with van der Waals surface area (Å²) in [5, 5.41) is 3.39.